The van der Waals surface area contributed by atoms with E-state index in [2.05, 4.69) is 27.9 Å². The molecule has 1 aliphatic heterocycles. The lowest BCUT2D eigenvalue weighted by Gasteiger charge is -2.34. The second-order valence-corrected chi connectivity index (χ2v) is 9.97. The minimum absolute atomic E-state index is 0.0233. The van der Waals surface area contributed by atoms with E-state index in [9.17, 15) is 23.2 Å². The number of aromatic nitrogens is 5. The SMILES string of the molecule is C=C(Cn1nccn1)C(=O)N1Cc2sc(C#N)cc2[C@H](c2ccccc2-c2cn(CC)nc2C(F)(F)F)C1. The first kappa shape index (κ1) is 25.4. The number of carbonyl (C=O) groups excluding carboxylic acids is 1. The van der Waals surface area contributed by atoms with Gasteiger partial charge in [0.1, 0.15) is 10.9 Å². The van der Waals surface area contributed by atoms with Crippen LogP contribution in [-0.4, -0.2) is 42.1 Å². The van der Waals surface area contributed by atoms with Crippen LogP contribution in [0.4, 0.5) is 13.2 Å². The van der Waals surface area contributed by atoms with Gasteiger partial charge >= 0.3 is 6.18 Å². The number of aryl methyl sites for hydroxylation is 1. The van der Waals surface area contributed by atoms with Crippen LogP contribution in [0, 0.1) is 11.3 Å². The lowest BCUT2D eigenvalue weighted by Crippen LogP contribution is -2.39. The standard InChI is InChI=1S/C26H22F3N7OS/c1-3-35-14-22(24(33-35)26(27,28)29)19-7-5-4-6-18(19)21-13-34(15-23-20(21)10-17(11-30)38-23)25(37)16(2)12-36-31-8-9-32-36/h4-10,14,21H,2-3,12-13,15H2,1H3/t21-/m0/s1. The van der Waals surface area contributed by atoms with E-state index in [0.717, 1.165) is 10.4 Å². The lowest BCUT2D eigenvalue weighted by atomic mass is 9.83. The van der Waals surface area contributed by atoms with E-state index in [1.165, 1.54) is 39.4 Å². The Hall–Kier alpha value is -4.24. The summed E-state index contributed by atoms with van der Waals surface area (Å²) in [4.78, 5) is 17.7. The van der Waals surface area contributed by atoms with E-state index in [1.54, 1.807) is 42.2 Å². The molecule has 0 bridgehead atoms. The van der Waals surface area contributed by atoms with Gasteiger partial charge in [0.15, 0.2) is 5.69 Å². The number of nitriles is 1. The monoisotopic (exact) mass is 537 g/mol. The fourth-order valence-electron chi connectivity index (χ4n) is 4.72. The second-order valence-electron chi connectivity index (χ2n) is 8.83. The van der Waals surface area contributed by atoms with E-state index in [0.29, 0.717) is 16.0 Å². The molecule has 0 saturated heterocycles. The third-order valence-electron chi connectivity index (χ3n) is 6.43. The first-order chi connectivity index (χ1) is 18.2. The molecule has 1 amide bonds. The van der Waals surface area contributed by atoms with Crippen LogP contribution in [0.2, 0.25) is 0 Å². The number of carbonyl (C=O) groups is 1. The molecule has 0 aliphatic carbocycles. The fraction of sp³-hybridized carbons (Fsp3) is 0.269. The van der Waals surface area contributed by atoms with Crippen molar-refractivity contribution < 1.29 is 18.0 Å². The first-order valence-electron chi connectivity index (χ1n) is 11.8. The number of halogens is 3. The Kier molecular flexibility index (Phi) is 6.62. The fourth-order valence-corrected chi connectivity index (χ4v) is 5.75. The lowest BCUT2D eigenvalue weighted by molar-refractivity contribution is -0.141. The van der Waals surface area contributed by atoms with Crippen molar-refractivity contribution in [2.24, 2.45) is 0 Å². The maximum atomic E-state index is 14.0. The number of alkyl halides is 3. The summed E-state index contributed by atoms with van der Waals surface area (Å²) in [6, 6.07) is 10.8. The maximum Gasteiger partial charge on any atom is 0.435 e. The van der Waals surface area contributed by atoms with Gasteiger partial charge in [-0.1, -0.05) is 30.8 Å². The van der Waals surface area contributed by atoms with Crippen LogP contribution in [0.3, 0.4) is 0 Å². The summed E-state index contributed by atoms with van der Waals surface area (Å²) < 4.78 is 43.2. The molecule has 0 spiro atoms. The molecular formula is C26H22F3N7OS. The van der Waals surface area contributed by atoms with Crippen molar-refractivity contribution in [3.8, 4) is 17.2 Å². The molecule has 38 heavy (non-hydrogen) atoms. The van der Waals surface area contributed by atoms with Gasteiger partial charge in [-0.2, -0.15) is 38.5 Å². The van der Waals surface area contributed by atoms with Gasteiger partial charge in [-0.05, 0) is 29.7 Å². The highest BCUT2D eigenvalue weighted by Gasteiger charge is 2.39. The van der Waals surface area contributed by atoms with Crippen LogP contribution in [-0.2, 0) is 30.6 Å². The Morgan fingerprint density at radius 3 is 2.63 bits per heavy atom. The van der Waals surface area contributed by atoms with Gasteiger partial charge in [0, 0.05) is 41.2 Å². The number of thiophene rings is 1. The van der Waals surface area contributed by atoms with Gasteiger partial charge in [0.25, 0.3) is 5.91 Å². The van der Waals surface area contributed by atoms with E-state index in [1.807, 2.05) is 0 Å². The van der Waals surface area contributed by atoms with Crippen LogP contribution in [0.25, 0.3) is 11.1 Å². The molecule has 8 nitrogen and oxygen atoms in total. The predicted octanol–water partition coefficient (Wildman–Crippen LogP) is 4.84. The summed E-state index contributed by atoms with van der Waals surface area (Å²) in [6.45, 7) is 6.51. The van der Waals surface area contributed by atoms with Crippen LogP contribution in [0.5, 0.6) is 0 Å². The number of benzene rings is 1. The van der Waals surface area contributed by atoms with Crippen LogP contribution in [0.15, 0.2) is 61.1 Å². The summed E-state index contributed by atoms with van der Waals surface area (Å²) in [6.07, 6.45) is -0.232. The zero-order valence-corrected chi connectivity index (χ0v) is 21.1. The highest BCUT2D eigenvalue weighted by Crippen LogP contribution is 2.44. The van der Waals surface area contributed by atoms with Gasteiger partial charge in [0.05, 0.1) is 25.5 Å². The van der Waals surface area contributed by atoms with Gasteiger partial charge in [0.2, 0.25) is 0 Å². The number of fused-ring (bicyclic) bond motifs is 1. The summed E-state index contributed by atoms with van der Waals surface area (Å²) >= 11 is 1.28. The Balaban J connectivity index is 1.58. The molecule has 5 rings (SSSR count). The van der Waals surface area contributed by atoms with Gasteiger partial charge < -0.3 is 4.90 Å². The molecule has 0 N–H and O–H groups in total. The molecule has 3 aromatic heterocycles. The van der Waals surface area contributed by atoms with E-state index >= 15 is 0 Å². The number of hydrogen-bond donors (Lipinski definition) is 0. The predicted molar refractivity (Wildman–Crippen MR) is 134 cm³/mol. The van der Waals surface area contributed by atoms with E-state index in [-0.39, 0.29) is 43.2 Å². The minimum Gasteiger partial charge on any atom is -0.333 e. The molecular weight excluding hydrogens is 515 g/mol. The van der Waals surface area contributed by atoms with Gasteiger partial charge in [-0.3, -0.25) is 9.48 Å². The topological polar surface area (TPSA) is 92.6 Å². The van der Waals surface area contributed by atoms with Crippen molar-refractivity contribution in [1.82, 2.24) is 29.7 Å². The molecule has 0 fully saturated rings. The van der Waals surface area contributed by atoms with Crippen LogP contribution >= 0.6 is 11.3 Å². The van der Waals surface area contributed by atoms with Gasteiger partial charge in [-0.15, -0.1) is 11.3 Å². The summed E-state index contributed by atoms with van der Waals surface area (Å²) in [5, 5.41) is 21.4. The normalized spacial score (nSPS) is 15.2. The number of amides is 1. The van der Waals surface area contributed by atoms with Crippen molar-refractivity contribution >= 4 is 17.2 Å². The van der Waals surface area contributed by atoms with Crippen molar-refractivity contribution in [3.05, 3.63) is 87.6 Å². The minimum atomic E-state index is -4.64. The van der Waals surface area contributed by atoms with Crippen molar-refractivity contribution in [2.75, 3.05) is 6.54 Å². The van der Waals surface area contributed by atoms with Gasteiger partial charge in [-0.25, -0.2) is 0 Å². The van der Waals surface area contributed by atoms with Crippen LogP contribution in [0.1, 0.15) is 39.4 Å². The highest BCUT2D eigenvalue weighted by atomic mass is 32.1. The number of nitrogens with zero attached hydrogens (tertiary/aromatic N) is 7. The van der Waals surface area contributed by atoms with Crippen molar-refractivity contribution in [3.63, 3.8) is 0 Å². The Morgan fingerprint density at radius 1 is 1.21 bits per heavy atom. The quantitative estimate of drug-likeness (QED) is 0.328. The summed E-state index contributed by atoms with van der Waals surface area (Å²) in [5.74, 6) is -0.768. The average molecular weight is 538 g/mol. The van der Waals surface area contributed by atoms with Crippen molar-refractivity contribution in [2.45, 2.75) is 38.7 Å². The molecule has 4 aromatic rings. The zero-order valence-electron chi connectivity index (χ0n) is 20.3. The number of rotatable bonds is 6. The van der Waals surface area contributed by atoms with Crippen molar-refractivity contribution in [1.29, 1.82) is 5.26 Å². The molecule has 1 atom stereocenters. The van der Waals surface area contributed by atoms with Crippen LogP contribution < -0.4 is 0 Å². The third-order valence-corrected chi connectivity index (χ3v) is 7.47. The van der Waals surface area contributed by atoms with E-state index in [4.69, 9.17) is 0 Å². The van der Waals surface area contributed by atoms with E-state index < -0.39 is 17.8 Å². The molecule has 0 saturated carbocycles. The Bertz CT molecular complexity index is 1550. The Morgan fingerprint density at radius 2 is 1.95 bits per heavy atom. The molecule has 0 unspecified atom stereocenters. The first-order valence-corrected chi connectivity index (χ1v) is 12.6. The second kappa shape index (κ2) is 9.90. The highest BCUT2D eigenvalue weighted by molar-refractivity contribution is 7.12. The molecule has 0 radical (unpaired) electrons. The summed E-state index contributed by atoms with van der Waals surface area (Å²) in [7, 11) is 0. The molecule has 4 heterocycles. The third kappa shape index (κ3) is 4.72. The zero-order chi connectivity index (χ0) is 27.0. The summed E-state index contributed by atoms with van der Waals surface area (Å²) in [5.41, 5.74) is 1.13. The molecule has 1 aromatic carbocycles. The molecule has 194 valence electrons. The largest absolute Gasteiger partial charge is 0.435 e. The molecule has 12 heteroatoms. The average Bonchev–Trinajstić information content (AvgIpc) is 3.66. The maximum absolute atomic E-state index is 14.0. The Labute approximate surface area is 220 Å². The number of hydrogen-bond acceptors (Lipinski definition) is 6. The molecule has 1 aliphatic rings. The smallest absolute Gasteiger partial charge is 0.333 e.